The number of ether oxygens (including phenoxy) is 1. The lowest BCUT2D eigenvalue weighted by molar-refractivity contribution is 0.388. The Balaban J connectivity index is 1.91. The van der Waals surface area contributed by atoms with Gasteiger partial charge < -0.3 is 14.6 Å². The predicted molar refractivity (Wildman–Crippen MR) is 74.7 cm³/mol. The molecule has 0 aliphatic carbocycles. The molecule has 0 amide bonds. The number of methoxy groups -OCH3 is 1. The fraction of sp³-hybridized carbons (Fsp3) is 0.214. The number of benzene rings is 1. The maximum absolute atomic E-state index is 5.35. The van der Waals surface area contributed by atoms with Gasteiger partial charge in [-0.1, -0.05) is 17.3 Å². The SMILES string of the molecule is COc1cccc2c(NCc3noc(C)n3)nccc12. The zero-order valence-corrected chi connectivity index (χ0v) is 11.3. The number of nitrogens with one attached hydrogen (secondary N) is 1. The lowest BCUT2D eigenvalue weighted by Crippen LogP contribution is -2.03. The lowest BCUT2D eigenvalue weighted by Gasteiger charge is -2.09. The third kappa shape index (κ3) is 2.27. The summed E-state index contributed by atoms with van der Waals surface area (Å²) in [5.41, 5.74) is 0. The van der Waals surface area contributed by atoms with E-state index in [-0.39, 0.29) is 0 Å². The van der Waals surface area contributed by atoms with Crippen molar-refractivity contribution in [3.8, 4) is 5.75 Å². The zero-order valence-electron chi connectivity index (χ0n) is 11.3. The Morgan fingerprint density at radius 1 is 1.25 bits per heavy atom. The summed E-state index contributed by atoms with van der Waals surface area (Å²) in [5, 5.41) is 9.06. The molecule has 0 spiro atoms. The summed E-state index contributed by atoms with van der Waals surface area (Å²) in [5.74, 6) is 2.74. The maximum Gasteiger partial charge on any atom is 0.223 e. The number of nitrogens with zero attached hydrogens (tertiary/aromatic N) is 3. The molecule has 6 nitrogen and oxygen atoms in total. The highest BCUT2D eigenvalue weighted by molar-refractivity contribution is 5.95. The molecular formula is C14H14N4O2. The van der Waals surface area contributed by atoms with E-state index in [0.717, 1.165) is 22.3 Å². The second kappa shape index (κ2) is 5.16. The van der Waals surface area contributed by atoms with Crippen molar-refractivity contribution in [3.05, 3.63) is 42.2 Å². The van der Waals surface area contributed by atoms with Gasteiger partial charge in [-0.15, -0.1) is 0 Å². The predicted octanol–water partition coefficient (Wildman–Crippen LogP) is 2.55. The Bertz CT molecular complexity index is 739. The summed E-state index contributed by atoms with van der Waals surface area (Å²) in [7, 11) is 1.66. The number of aryl methyl sites for hydroxylation is 1. The summed E-state index contributed by atoms with van der Waals surface area (Å²) in [6, 6.07) is 7.79. The van der Waals surface area contributed by atoms with Gasteiger partial charge in [0.25, 0.3) is 0 Å². The van der Waals surface area contributed by atoms with Crippen molar-refractivity contribution < 1.29 is 9.26 Å². The second-order valence-corrected chi connectivity index (χ2v) is 4.30. The van der Waals surface area contributed by atoms with E-state index in [9.17, 15) is 0 Å². The molecule has 6 heteroatoms. The van der Waals surface area contributed by atoms with Crippen molar-refractivity contribution >= 4 is 16.6 Å². The van der Waals surface area contributed by atoms with Crippen molar-refractivity contribution in [2.24, 2.45) is 0 Å². The minimum atomic E-state index is 0.459. The molecule has 2 heterocycles. The number of hydrogen-bond acceptors (Lipinski definition) is 6. The molecule has 102 valence electrons. The van der Waals surface area contributed by atoms with Crippen LogP contribution in [0.3, 0.4) is 0 Å². The molecule has 0 radical (unpaired) electrons. The Morgan fingerprint density at radius 3 is 2.90 bits per heavy atom. The normalized spacial score (nSPS) is 10.7. The van der Waals surface area contributed by atoms with Crippen molar-refractivity contribution in [1.82, 2.24) is 15.1 Å². The number of fused-ring (bicyclic) bond motifs is 1. The van der Waals surface area contributed by atoms with E-state index in [0.29, 0.717) is 18.3 Å². The number of hydrogen-bond donors (Lipinski definition) is 1. The summed E-state index contributed by atoms with van der Waals surface area (Å²) in [4.78, 5) is 8.50. The minimum Gasteiger partial charge on any atom is -0.496 e. The largest absolute Gasteiger partial charge is 0.496 e. The fourth-order valence-corrected chi connectivity index (χ4v) is 2.07. The van der Waals surface area contributed by atoms with E-state index in [1.54, 1.807) is 20.2 Å². The van der Waals surface area contributed by atoms with E-state index < -0.39 is 0 Å². The smallest absolute Gasteiger partial charge is 0.223 e. The summed E-state index contributed by atoms with van der Waals surface area (Å²) >= 11 is 0. The van der Waals surface area contributed by atoms with E-state index in [1.807, 2.05) is 24.3 Å². The van der Waals surface area contributed by atoms with Crippen LogP contribution in [-0.2, 0) is 6.54 Å². The van der Waals surface area contributed by atoms with Crippen LogP contribution < -0.4 is 10.1 Å². The van der Waals surface area contributed by atoms with Gasteiger partial charge >= 0.3 is 0 Å². The second-order valence-electron chi connectivity index (χ2n) is 4.30. The van der Waals surface area contributed by atoms with Crippen LogP contribution in [0.15, 0.2) is 35.0 Å². The summed E-state index contributed by atoms with van der Waals surface area (Å²) in [6.45, 7) is 2.22. The van der Waals surface area contributed by atoms with Crippen LogP contribution in [0.4, 0.5) is 5.82 Å². The first-order valence-corrected chi connectivity index (χ1v) is 6.22. The third-order valence-electron chi connectivity index (χ3n) is 2.97. The molecule has 0 atom stereocenters. The molecule has 2 aromatic heterocycles. The van der Waals surface area contributed by atoms with Crippen LogP contribution >= 0.6 is 0 Å². The van der Waals surface area contributed by atoms with Crippen molar-refractivity contribution in [2.75, 3.05) is 12.4 Å². The van der Waals surface area contributed by atoms with E-state index in [4.69, 9.17) is 9.26 Å². The maximum atomic E-state index is 5.35. The first kappa shape index (κ1) is 12.4. The van der Waals surface area contributed by atoms with Gasteiger partial charge in [0, 0.05) is 23.9 Å². The van der Waals surface area contributed by atoms with Crippen molar-refractivity contribution in [2.45, 2.75) is 13.5 Å². The highest BCUT2D eigenvalue weighted by atomic mass is 16.5. The van der Waals surface area contributed by atoms with Gasteiger partial charge in [0.1, 0.15) is 11.6 Å². The van der Waals surface area contributed by atoms with Gasteiger partial charge in [-0.3, -0.25) is 0 Å². The molecular weight excluding hydrogens is 256 g/mol. The van der Waals surface area contributed by atoms with Crippen LogP contribution in [0, 0.1) is 6.92 Å². The number of rotatable bonds is 4. The van der Waals surface area contributed by atoms with Gasteiger partial charge in [-0.2, -0.15) is 4.98 Å². The van der Waals surface area contributed by atoms with Crippen LogP contribution in [0.2, 0.25) is 0 Å². The van der Waals surface area contributed by atoms with E-state index >= 15 is 0 Å². The van der Waals surface area contributed by atoms with Gasteiger partial charge in [0.05, 0.1) is 13.7 Å². The Hall–Kier alpha value is -2.63. The standard InChI is InChI=1S/C14H14N4O2/c1-9-17-13(18-20-9)8-16-14-11-4-3-5-12(19-2)10(11)6-7-15-14/h3-7H,8H2,1-2H3,(H,15,16). The molecule has 0 bridgehead atoms. The van der Waals surface area contributed by atoms with Gasteiger partial charge in [-0.05, 0) is 12.1 Å². The Kier molecular flexibility index (Phi) is 3.20. The molecule has 3 rings (SSSR count). The quantitative estimate of drug-likeness (QED) is 0.785. The molecule has 0 fully saturated rings. The molecule has 20 heavy (non-hydrogen) atoms. The highest BCUT2D eigenvalue weighted by Crippen LogP contribution is 2.29. The molecule has 0 saturated carbocycles. The van der Waals surface area contributed by atoms with E-state index in [2.05, 4.69) is 20.4 Å². The number of pyridine rings is 1. The van der Waals surface area contributed by atoms with Crippen LogP contribution in [0.5, 0.6) is 5.75 Å². The fourth-order valence-electron chi connectivity index (χ4n) is 2.07. The Labute approximate surface area is 115 Å². The number of anilines is 1. The Morgan fingerprint density at radius 2 is 2.15 bits per heavy atom. The molecule has 0 unspecified atom stereocenters. The minimum absolute atomic E-state index is 0.459. The summed E-state index contributed by atoms with van der Waals surface area (Å²) in [6.07, 6.45) is 1.74. The average Bonchev–Trinajstić information content (AvgIpc) is 2.90. The molecule has 0 saturated heterocycles. The lowest BCUT2D eigenvalue weighted by atomic mass is 10.1. The molecule has 0 aliphatic rings. The molecule has 3 aromatic rings. The van der Waals surface area contributed by atoms with E-state index in [1.165, 1.54) is 0 Å². The van der Waals surface area contributed by atoms with Crippen LogP contribution in [0.25, 0.3) is 10.8 Å². The van der Waals surface area contributed by atoms with Gasteiger partial charge in [0.2, 0.25) is 5.89 Å². The third-order valence-corrected chi connectivity index (χ3v) is 2.97. The van der Waals surface area contributed by atoms with Crippen molar-refractivity contribution in [1.29, 1.82) is 0 Å². The number of aromatic nitrogens is 3. The molecule has 1 aromatic carbocycles. The van der Waals surface area contributed by atoms with Crippen molar-refractivity contribution in [3.63, 3.8) is 0 Å². The zero-order chi connectivity index (χ0) is 13.9. The van der Waals surface area contributed by atoms with Crippen LogP contribution in [-0.4, -0.2) is 22.2 Å². The molecule has 0 aliphatic heterocycles. The van der Waals surface area contributed by atoms with Gasteiger partial charge in [-0.25, -0.2) is 4.98 Å². The average molecular weight is 270 g/mol. The van der Waals surface area contributed by atoms with Crippen LogP contribution in [0.1, 0.15) is 11.7 Å². The molecule has 1 N–H and O–H groups in total. The summed E-state index contributed by atoms with van der Waals surface area (Å²) < 4.78 is 10.3. The monoisotopic (exact) mass is 270 g/mol. The highest BCUT2D eigenvalue weighted by Gasteiger charge is 2.07. The van der Waals surface area contributed by atoms with Gasteiger partial charge in [0.15, 0.2) is 5.82 Å². The topological polar surface area (TPSA) is 73.1 Å². The first-order chi connectivity index (χ1) is 9.78. The first-order valence-electron chi connectivity index (χ1n) is 6.22.